The first kappa shape index (κ1) is 38.3. The van der Waals surface area contributed by atoms with E-state index in [0.29, 0.717) is 13.0 Å². The third kappa shape index (κ3) is 13.8. The second-order valence-electron chi connectivity index (χ2n) is 8.79. The Labute approximate surface area is 257 Å². The van der Waals surface area contributed by atoms with Crippen LogP contribution < -0.4 is 21.3 Å². The zero-order valence-electron chi connectivity index (χ0n) is 23.2. The van der Waals surface area contributed by atoms with Gasteiger partial charge in [-0.3, -0.25) is 24.7 Å². The van der Waals surface area contributed by atoms with Gasteiger partial charge in [-0.2, -0.15) is 0 Å². The smallest absolute Gasteiger partial charge is 0.317 e. The summed E-state index contributed by atoms with van der Waals surface area (Å²) in [6.07, 6.45) is 6.76. The van der Waals surface area contributed by atoms with Crippen molar-refractivity contribution < 1.29 is 54.9 Å². The predicted molar refractivity (Wildman–Crippen MR) is 150 cm³/mol. The van der Waals surface area contributed by atoms with Gasteiger partial charge in [0.1, 0.15) is 11.9 Å². The van der Waals surface area contributed by atoms with E-state index in [9.17, 15) is 14.4 Å². The maximum Gasteiger partial charge on any atom is 0.317 e. The number of carboxylic acids is 1. The zero-order valence-corrected chi connectivity index (χ0v) is 25.0. The number of carbonyl (C=O) groups excluding carboxylic acids is 2. The molecule has 1 unspecified atom stereocenters. The fraction of sp³-hybridized carbons (Fsp3) is 0.423. The second kappa shape index (κ2) is 21.1. The number of aromatic nitrogens is 2. The normalized spacial score (nSPS) is 11.0. The number of aliphatic carboxylic acids is 1. The summed E-state index contributed by atoms with van der Waals surface area (Å²) >= 11 is 0. The molecule has 8 N–H and O–H groups in total. The first-order valence-corrected chi connectivity index (χ1v) is 12.6. The molecule has 231 valence electrons. The Balaban J connectivity index is 0.00000110. The number of aliphatic hydroxyl groups is 3. The van der Waals surface area contributed by atoms with Gasteiger partial charge in [0, 0.05) is 63.5 Å². The van der Waals surface area contributed by atoms with E-state index in [1.165, 1.54) is 25.4 Å². The number of likely N-dealkylation sites (N-methyl/N-ethyl adjacent to an activating group) is 1. The van der Waals surface area contributed by atoms with Crippen LogP contribution in [0, 0.1) is 0 Å². The number of carbonyl (C=O) groups is 3. The van der Waals surface area contributed by atoms with Crippen LogP contribution in [0.15, 0.2) is 54.5 Å². The average molecular weight is 672 g/mol. The molecule has 0 aliphatic heterocycles. The summed E-state index contributed by atoms with van der Waals surface area (Å²) in [6, 6.07) is 6.00. The van der Waals surface area contributed by atoms with Gasteiger partial charge in [0.2, 0.25) is 5.91 Å². The van der Waals surface area contributed by atoms with Crippen LogP contribution in [0.2, 0.25) is 0 Å². The van der Waals surface area contributed by atoms with Crippen LogP contribution >= 0.6 is 0 Å². The summed E-state index contributed by atoms with van der Waals surface area (Å²) in [6.45, 7) is 2.70. The van der Waals surface area contributed by atoms with Gasteiger partial charge in [0.05, 0.1) is 37.5 Å². The largest absolute Gasteiger partial charge is 0.705 e. The van der Waals surface area contributed by atoms with Crippen molar-refractivity contribution in [1.82, 2.24) is 31.2 Å². The van der Waals surface area contributed by atoms with Crippen LogP contribution in [0.5, 0.6) is 0 Å². The van der Waals surface area contributed by atoms with Crippen molar-refractivity contribution >= 4 is 29.3 Å². The van der Waals surface area contributed by atoms with Crippen LogP contribution in [0.3, 0.4) is 0 Å². The molecule has 1 atom stereocenters. The summed E-state index contributed by atoms with van der Waals surface area (Å²) in [5.41, 5.74) is 9.34. The predicted octanol–water partition coefficient (Wildman–Crippen LogP) is -0.221. The molecule has 16 heteroatoms. The van der Waals surface area contributed by atoms with Gasteiger partial charge < -0.3 is 47.0 Å². The summed E-state index contributed by atoms with van der Waals surface area (Å²) in [7, 11) is 1.53. The topological polar surface area (TPSA) is 241 Å². The average Bonchev–Trinajstić information content (AvgIpc) is 3.01. The monoisotopic (exact) mass is 670 g/mol. The standard InChI is InChI=1S/C20H24N7O2.C6H13NO5.Tc/c1-14(15-6-5-10-23-12-15)24-11-4-3-7-17(20(29)22-2)26-19(28)16-8-9-18(27-21)25-13-16;8-2-6(3-9,4-10)7-1-5(11)12;/h5-6,8-10,12-13,17,24H,1,3-4,7,11H2,2H3,(H,22,29)(H,26,28);7-10H,1-4H2,(H,11,12);/q-1;;. The molecule has 0 saturated carbocycles. The fourth-order valence-corrected chi connectivity index (χ4v) is 3.20. The molecule has 0 aliphatic carbocycles. The van der Waals surface area contributed by atoms with Crippen molar-refractivity contribution in [3.63, 3.8) is 0 Å². The van der Waals surface area contributed by atoms with Gasteiger partial charge in [0.15, 0.2) is 0 Å². The first-order valence-electron chi connectivity index (χ1n) is 12.6. The number of unbranched alkanes of at least 4 members (excludes halogenated alkanes) is 1. The second-order valence-corrected chi connectivity index (χ2v) is 8.79. The summed E-state index contributed by atoms with van der Waals surface area (Å²) in [5.74, 6) is -1.70. The molecule has 2 rings (SSSR count). The van der Waals surface area contributed by atoms with E-state index in [1.807, 2.05) is 12.1 Å². The Hall–Kier alpha value is -3.66. The number of carboxylic acid groups (broad SMARTS) is 1. The van der Waals surface area contributed by atoms with E-state index in [-0.39, 0.29) is 37.4 Å². The molecular formula is C26H37N8O7Tc-. The maximum atomic E-state index is 12.4. The van der Waals surface area contributed by atoms with Crippen molar-refractivity contribution in [3.05, 3.63) is 66.1 Å². The van der Waals surface area contributed by atoms with Gasteiger partial charge >= 0.3 is 5.97 Å². The van der Waals surface area contributed by atoms with Crippen molar-refractivity contribution in [2.45, 2.75) is 30.8 Å². The number of rotatable bonds is 17. The minimum Gasteiger partial charge on any atom is -0.705 e. The molecule has 15 nitrogen and oxygen atoms in total. The SMILES string of the molecule is C=C(NCCCCC(NC(=O)c1ccc(N=[N-])nc1)C(=O)NC)c1cccnc1.O=C(O)CNC(CO)(CO)CO.[Tc]. The van der Waals surface area contributed by atoms with E-state index < -0.39 is 49.8 Å². The molecule has 1 radical (unpaired) electrons. The molecule has 2 aromatic rings. The number of nitrogens with zero attached hydrogens (tertiary/aromatic N) is 4. The quantitative estimate of drug-likeness (QED) is 0.0808. The Bertz CT molecular complexity index is 1110. The van der Waals surface area contributed by atoms with Gasteiger partial charge in [-0.05, 0) is 43.5 Å². The molecule has 2 amide bonds. The number of amides is 2. The van der Waals surface area contributed by atoms with Crippen molar-refractivity contribution in [2.75, 3.05) is 40.0 Å². The van der Waals surface area contributed by atoms with Crippen molar-refractivity contribution in [2.24, 2.45) is 5.11 Å². The van der Waals surface area contributed by atoms with E-state index in [2.05, 4.69) is 42.9 Å². The minimum atomic E-state index is -1.31. The maximum absolute atomic E-state index is 12.4. The van der Waals surface area contributed by atoms with Crippen LogP contribution in [0.1, 0.15) is 35.2 Å². The Morgan fingerprint density at radius 1 is 1.07 bits per heavy atom. The number of hydrogen-bond donors (Lipinski definition) is 8. The summed E-state index contributed by atoms with van der Waals surface area (Å²) in [5, 5.41) is 48.2. The van der Waals surface area contributed by atoms with Crippen LogP contribution in [0.25, 0.3) is 11.2 Å². The van der Waals surface area contributed by atoms with Gasteiger partial charge in [0.25, 0.3) is 5.91 Å². The third-order valence-electron chi connectivity index (χ3n) is 5.77. The Morgan fingerprint density at radius 3 is 2.26 bits per heavy atom. The molecule has 2 aromatic heterocycles. The number of hydrogen-bond acceptors (Lipinski definition) is 11. The first-order chi connectivity index (χ1) is 19.6. The van der Waals surface area contributed by atoms with Gasteiger partial charge in [-0.1, -0.05) is 6.58 Å². The number of pyridine rings is 2. The van der Waals surface area contributed by atoms with Gasteiger partial charge in [-0.15, -0.1) is 0 Å². The molecule has 0 aliphatic rings. The van der Waals surface area contributed by atoms with E-state index in [1.54, 1.807) is 12.4 Å². The third-order valence-corrected chi connectivity index (χ3v) is 5.77. The fourth-order valence-electron chi connectivity index (χ4n) is 3.20. The molecule has 0 spiro atoms. The molecule has 0 saturated heterocycles. The van der Waals surface area contributed by atoms with Crippen molar-refractivity contribution in [1.29, 1.82) is 0 Å². The molecule has 0 aromatic carbocycles. The zero-order chi connectivity index (χ0) is 30.7. The van der Waals surface area contributed by atoms with Gasteiger partial charge in [-0.25, -0.2) is 4.98 Å². The van der Waals surface area contributed by atoms with E-state index in [0.717, 1.165) is 24.1 Å². The van der Waals surface area contributed by atoms with E-state index >= 15 is 0 Å². The molecule has 0 fully saturated rings. The molecule has 42 heavy (non-hydrogen) atoms. The molecule has 2 heterocycles. The minimum absolute atomic E-state index is 0. The summed E-state index contributed by atoms with van der Waals surface area (Å²) in [4.78, 5) is 42.4. The summed E-state index contributed by atoms with van der Waals surface area (Å²) < 4.78 is 0. The Kier molecular flexibility index (Phi) is 19.3. The van der Waals surface area contributed by atoms with Crippen LogP contribution in [0.4, 0.5) is 5.82 Å². The number of aliphatic hydroxyl groups excluding tert-OH is 3. The Morgan fingerprint density at radius 2 is 1.76 bits per heavy atom. The van der Waals surface area contributed by atoms with Crippen LogP contribution in [-0.2, 0) is 29.7 Å². The molecule has 0 bridgehead atoms. The van der Waals surface area contributed by atoms with Crippen molar-refractivity contribution in [3.8, 4) is 0 Å². The van der Waals surface area contributed by atoms with E-state index in [4.69, 9.17) is 26.0 Å². The van der Waals surface area contributed by atoms with Crippen LogP contribution in [-0.4, -0.2) is 99.7 Å². The molecular weight excluding hydrogens is 634 g/mol. The number of nitrogens with one attached hydrogen (secondary N) is 4.